The number of rotatable bonds is 8. The van der Waals surface area contributed by atoms with Crippen LogP contribution in [0.3, 0.4) is 0 Å². The number of carbonyl (C=O) groups is 1. The van der Waals surface area contributed by atoms with Gasteiger partial charge in [0.1, 0.15) is 0 Å². The second-order valence-corrected chi connectivity index (χ2v) is 8.83. The fourth-order valence-electron chi connectivity index (χ4n) is 3.63. The predicted molar refractivity (Wildman–Crippen MR) is 127 cm³/mol. The van der Waals surface area contributed by atoms with Crippen LogP contribution in [0.1, 0.15) is 27.9 Å². The fraction of sp³-hybridized carbons (Fsp3) is 0.120. The Morgan fingerprint density at radius 1 is 1.03 bits per heavy atom. The van der Waals surface area contributed by atoms with E-state index in [1.54, 1.807) is 30.5 Å². The Labute approximate surface area is 202 Å². The monoisotopic (exact) mass is 499 g/mol. The first kappa shape index (κ1) is 24.1. The molecule has 0 aliphatic heterocycles. The van der Waals surface area contributed by atoms with Crippen LogP contribution in [0.25, 0.3) is 22.0 Å². The highest BCUT2D eigenvalue weighted by Crippen LogP contribution is 2.26. The Bertz CT molecular complexity index is 1400. The van der Waals surface area contributed by atoms with E-state index in [-0.39, 0.29) is 24.1 Å². The molecule has 0 saturated carbocycles. The number of carbonyl (C=O) groups excluding carboxylic acids is 1. The summed E-state index contributed by atoms with van der Waals surface area (Å²) < 4.78 is 52.0. The number of aromatic nitrogens is 1. The molecule has 0 radical (unpaired) electrons. The minimum atomic E-state index is -2.39. The van der Waals surface area contributed by atoms with Crippen LogP contribution in [-0.2, 0) is 17.7 Å². The summed E-state index contributed by atoms with van der Waals surface area (Å²) in [5.74, 6) is -3.01. The first-order valence-corrected chi connectivity index (χ1v) is 11.8. The Kier molecular flexibility index (Phi) is 7.43. The number of pyridine rings is 1. The van der Waals surface area contributed by atoms with Crippen molar-refractivity contribution in [1.82, 2.24) is 9.71 Å². The van der Waals surface area contributed by atoms with Crippen molar-refractivity contribution in [2.75, 3.05) is 6.54 Å². The molecule has 0 spiro atoms. The Morgan fingerprint density at radius 3 is 2.53 bits per heavy atom. The lowest BCUT2D eigenvalue weighted by Gasteiger charge is -2.10. The quantitative estimate of drug-likeness (QED) is 0.200. The van der Waals surface area contributed by atoms with Gasteiger partial charge in [0, 0.05) is 45.5 Å². The smallest absolute Gasteiger partial charge is 0.196 e. The Morgan fingerprint density at radius 2 is 1.79 bits per heavy atom. The van der Waals surface area contributed by atoms with Gasteiger partial charge in [-0.15, -0.1) is 0 Å². The highest BCUT2D eigenvalue weighted by atomic mass is 35.5. The number of hydrogen-bond acceptors (Lipinski definition) is 4. The summed E-state index contributed by atoms with van der Waals surface area (Å²) in [4.78, 5) is 17.5. The van der Waals surface area contributed by atoms with E-state index in [4.69, 9.17) is 11.6 Å². The van der Waals surface area contributed by atoms with Crippen LogP contribution in [-0.4, -0.2) is 26.1 Å². The van der Waals surface area contributed by atoms with Crippen LogP contribution in [0.15, 0.2) is 66.9 Å². The molecule has 0 aliphatic rings. The number of fused-ring (bicyclic) bond motifs is 1. The van der Waals surface area contributed by atoms with Gasteiger partial charge in [-0.05, 0) is 72.5 Å². The molecule has 5 nitrogen and oxygen atoms in total. The molecule has 0 aliphatic carbocycles. The molecule has 3 aromatic carbocycles. The summed E-state index contributed by atoms with van der Waals surface area (Å²) in [5, 5.41) is 1.28. The minimum Gasteiger partial charge on any atom is -0.760 e. The molecule has 0 saturated heterocycles. The van der Waals surface area contributed by atoms with Crippen molar-refractivity contribution in [2.24, 2.45) is 0 Å². The van der Waals surface area contributed by atoms with Gasteiger partial charge >= 0.3 is 0 Å². The molecule has 1 heterocycles. The van der Waals surface area contributed by atoms with Gasteiger partial charge in [-0.2, -0.15) is 0 Å². The summed E-state index contributed by atoms with van der Waals surface area (Å²) in [5.41, 5.74) is 2.58. The van der Waals surface area contributed by atoms with E-state index in [0.29, 0.717) is 27.9 Å². The molecular formula is C25H18ClF2N2O3S-. The Balaban J connectivity index is 1.63. The lowest BCUT2D eigenvalue weighted by molar-refractivity contribution is 0.103. The van der Waals surface area contributed by atoms with Crippen LogP contribution in [0.2, 0.25) is 5.02 Å². The molecule has 0 bridgehead atoms. The molecule has 4 aromatic rings. The third-order valence-electron chi connectivity index (χ3n) is 5.32. The van der Waals surface area contributed by atoms with E-state index in [0.717, 1.165) is 17.2 Å². The topological polar surface area (TPSA) is 82.1 Å². The number of aryl methyl sites for hydroxylation is 1. The molecule has 174 valence electrons. The van der Waals surface area contributed by atoms with E-state index < -0.39 is 28.7 Å². The largest absolute Gasteiger partial charge is 0.760 e. The number of nitrogens with one attached hydrogen (secondary N) is 1. The number of halogens is 3. The number of benzene rings is 3. The maximum absolute atomic E-state index is 14.5. The van der Waals surface area contributed by atoms with E-state index in [1.165, 1.54) is 12.1 Å². The molecule has 0 fully saturated rings. The molecule has 0 amide bonds. The van der Waals surface area contributed by atoms with Gasteiger partial charge in [0.25, 0.3) is 0 Å². The third kappa shape index (κ3) is 5.53. The number of ketones is 1. The van der Waals surface area contributed by atoms with Crippen LogP contribution in [0, 0.1) is 11.6 Å². The maximum Gasteiger partial charge on any atom is 0.196 e. The number of hydrogen-bond donors (Lipinski definition) is 1. The first-order chi connectivity index (χ1) is 16.3. The molecule has 4 rings (SSSR count). The average molecular weight is 500 g/mol. The van der Waals surface area contributed by atoms with E-state index in [2.05, 4.69) is 9.71 Å². The van der Waals surface area contributed by atoms with Gasteiger partial charge in [-0.1, -0.05) is 23.7 Å². The molecule has 1 atom stereocenters. The fourth-order valence-corrected chi connectivity index (χ4v) is 4.07. The minimum absolute atomic E-state index is 0.145. The summed E-state index contributed by atoms with van der Waals surface area (Å²) in [6.07, 6.45) is 2.35. The van der Waals surface area contributed by atoms with Crippen molar-refractivity contribution >= 4 is 39.6 Å². The SMILES string of the molecule is O=C(c1ccc2ncc(-c3ccc(Cl)cc3)cc2c1)c1cc(CCCNS(=O)[O-])cc(F)c1F. The van der Waals surface area contributed by atoms with Crippen LogP contribution in [0.5, 0.6) is 0 Å². The normalized spacial score (nSPS) is 12.1. The van der Waals surface area contributed by atoms with E-state index >= 15 is 0 Å². The summed E-state index contributed by atoms with van der Waals surface area (Å²) in [6, 6.07) is 16.2. The second-order valence-electron chi connectivity index (χ2n) is 7.64. The second kappa shape index (κ2) is 10.5. The molecule has 9 heteroatoms. The standard InChI is InChI=1S/C25H19ClF2N2O3S/c26-20-6-3-16(4-7-20)19-13-18-12-17(5-8-23(18)29-14-19)25(31)21-10-15(11-22(27)24(21)28)2-1-9-30-34(32)33/h3-8,10-14,30H,1-2,9H2,(H,32,33)/p-1. The lowest BCUT2D eigenvalue weighted by Crippen LogP contribution is -2.18. The van der Waals surface area contributed by atoms with Gasteiger partial charge in [-0.3, -0.25) is 14.0 Å². The summed E-state index contributed by atoms with van der Waals surface area (Å²) in [6.45, 7) is 0.145. The average Bonchev–Trinajstić information content (AvgIpc) is 2.83. The van der Waals surface area contributed by atoms with Crippen LogP contribution >= 0.6 is 11.6 Å². The van der Waals surface area contributed by atoms with Crippen LogP contribution < -0.4 is 4.72 Å². The summed E-state index contributed by atoms with van der Waals surface area (Å²) in [7, 11) is 0. The van der Waals surface area contributed by atoms with Crippen molar-refractivity contribution in [3.05, 3.63) is 100 Å². The van der Waals surface area contributed by atoms with Crippen molar-refractivity contribution in [1.29, 1.82) is 0 Å². The zero-order valence-electron chi connectivity index (χ0n) is 17.7. The highest BCUT2D eigenvalue weighted by molar-refractivity contribution is 7.77. The zero-order valence-corrected chi connectivity index (χ0v) is 19.3. The van der Waals surface area contributed by atoms with Gasteiger partial charge in [0.15, 0.2) is 17.4 Å². The molecular weight excluding hydrogens is 482 g/mol. The molecule has 34 heavy (non-hydrogen) atoms. The van der Waals surface area contributed by atoms with Gasteiger partial charge in [0.05, 0.1) is 11.1 Å². The van der Waals surface area contributed by atoms with Crippen LogP contribution in [0.4, 0.5) is 8.78 Å². The first-order valence-electron chi connectivity index (χ1n) is 10.3. The summed E-state index contributed by atoms with van der Waals surface area (Å²) >= 11 is 3.56. The van der Waals surface area contributed by atoms with Crippen molar-refractivity contribution in [2.45, 2.75) is 12.8 Å². The van der Waals surface area contributed by atoms with Gasteiger partial charge in [0.2, 0.25) is 0 Å². The predicted octanol–water partition coefficient (Wildman–Crippen LogP) is 5.38. The zero-order chi connectivity index (χ0) is 24.2. The Hall–Kier alpha value is -3.04. The highest BCUT2D eigenvalue weighted by Gasteiger charge is 2.19. The maximum atomic E-state index is 14.5. The van der Waals surface area contributed by atoms with Gasteiger partial charge < -0.3 is 4.55 Å². The molecule has 1 unspecified atom stereocenters. The van der Waals surface area contributed by atoms with Crippen molar-refractivity contribution in [3.8, 4) is 11.1 Å². The third-order valence-corrected chi connectivity index (χ3v) is 6.01. The van der Waals surface area contributed by atoms with Crippen molar-refractivity contribution < 1.29 is 22.3 Å². The lowest BCUT2D eigenvalue weighted by atomic mass is 9.97. The molecule has 1 N–H and O–H groups in total. The number of nitrogens with zero attached hydrogens (tertiary/aromatic N) is 1. The van der Waals surface area contributed by atoms with Crippen molar-refractivity contribution in [3.63, 3.8) is 0 Å². The van der Waals surface area contributed by atoms with E-state index in [9.17, 15) is 22.3 Å². The molecule has 1 aromatic heterocycles. The van der Waals surface area contributed by atoms with Gasteiger partial charge in [-0.25, -0.2) is 13.5 Å². The van der Waals surface area contributed by atoms with E-state index in [1.807, 2.05) is 18.2 Å².